The van der Waals surface area contributed by atoms with E-state index in [1.54, 1.807) is 18.5 Å². The normalized spacial score (nSPS) is 12.4. The van der Waals surface area contributed by atoms with Gasteiger partial charge in [0.15, 0.2) is 0 Å². The monoisotopic (exact) mass is 314 g/mol. The van der Waals surface area contributed by atoms with Gasteiger partial charge in [0.1, 0.15) is 0 Å². The van der Waals surface area contributed by atoms with Crippen LogP contribution in [0.2, 0.25) is 15.1 Å². The smallest absolute Gasteiger partial charge is 0.0643 e. The lowest BCUT2D eigenvalue weighted by Gasteiger charge is -2.21. The Labute approximate surface area is 127 Å². The summed E-state index contributed by atoms with van der Waals surface area (Å²) in [6.45, 7) is 2.81. The highest BCUT2D eigenvalue weighted by molar-refractivity contribution is 6.42. The minimum Gasteiger partial charge on any atom is -0.306 e. The summed E-state index contributed by atoms with van der Waals surface area (Å²) in [5, 5.41) is 5.05. The second-order valence-electron chi connectivity index (χ2n) is 4.03. The molecule has 2 nitrogen and oxygen atoms in total. The van der Waals surface area contributed by atoms with Gasteiger partial charge in [0.25, 0.3) is 0 Å². The van der Waals surface area contributed by atoms with Gasteiger partial charge >= 0.3 is 0 Å². The summed E-state index contributed by atoms with van der Waals surface area (Å²) in [7, 11) is 0. The summed E-state index contributed by atoms with van der Waals surface area (Å²) in [6, 6.07) is 7.37. The zero-order valence-electron chi connectivity index (χ0n) is 10.3. The molecule has 5 heteroatoms. The molecule has 1 atom stereocenters. The maximum Gasteiger partial charge on any atom is 0.0643 e. The molecular weight excluding hydrogens is 303 g/mol. The highest BCUT2D eigenvalue weighted by atomic mass is 35.5. The second-order valence-corrected chi connectivity index (χ2v) is 5.22. The standard InChI is InChI=1S/C14H13Cl3N2/c1-2-19-14(9-6-7-18-8-12(9)16)10-4-3-5-11(15)13(10)17/h3-8,14,19H,2H2,1H3. The van der Waals surface area contributed by atoms with E-state index in [1.807, 2.05) is 25.1 Å². The molecule has 2 aromatic rings. The average molecular weight is 316 g/mol. The van der Waals surface area contributed by atoms with Crippen LogP contribution < -0.4 is 5.32 Å². The lowest BCUT2D eigenvalue weighted by Crippen LogP contribution is -2.22. The molecule has 0 aliphatic carbocycles. The van der Waals surface area contributed by atoms with E-state index >= 15 is 0 Å². The van der Waals surface area contributed by atoms with Gasteiger partial charge in [0.2, 0.25) is 0 Å². The second kappa shape index (κ2) is 6.58. The number of aromatic nitrogens is 1. The average Bonchev–Trinajstić information content (AvgIpc) is 2.41. The zero-order valence-corrected chi connectivity index (χ0v) is 12.6. The molecule has 1 heterocycles. The van der Waals surface area contributed by atoms with Gasteiger partial charge < -0.3 is 5.32 Å². The van der Waals surface area contributed by atoms with E-state index in [0.29, 0.717) is 15.1 Å². The molecule has 1 aromatic carbocycles. The van der Waals surface area contributed by atoms with Crippen molar-refractivity contribution < 1.29 is 0 Å². The zero-order chi connectivity index (χ0) is 13.8. The summed E-state index contributed by atoms with van der Waals surface area (Å²) in [5.74, 6) is 0. The number of benzene rings is 1. The highest BCUT2D eigenvalue weighted by Crippen LogP contribution is 2.35. The van der Waals surface area contributed by atoms with Crippen LogP contribution in [0.1, 0.15) is 24.1 Å². The third kappa shape index (κ3) is 3.21. The Morgan fingerprint density at radius 1 is 1.11 bits per heavy atom. The number of rotatable bonds is 4. The van der Waals surface area contributed by atoms with E-state index in [9.17, 15) is 0 Å². The van der Waals surface area contributed by atoms with Crippen LogP contribution in [0, 0.1) is 0 Å². The minimum atomic E-state index is -0.105. The molecule has 0 bridgehead atoms. The third-order valence-electron chi connectivity index (χ3n) is 2.82. The Kier molecular flexibility index (Phi) is 5.06. The first-order chi connectivity index (χ1) is 9.15. The number of nitrogens with zero attached hydrogens (tertiary/aromatic N) is 1. The molecule has 0 spiro atoms. The molecule has 2 rings (SSSR count). The van der Waals surface area contributed by atoms with E-state index in [4.69, 9.17) is 34.8 Å². The molecule has 0 saturated heterocycles. The van der Waals surface area contributed by atoms with Crippen molar-refractivity contribution in [3.8, 4) is 0 Å². The fourth-order valence-corrected chi connectivity index (χ4v) is 2.60. The number of hydrogen-bond acceptors (Lipinski definition) is 2. The predicted molar refractivity (Wildman–Crippen MR) is 81.2 cm³/mol. The quantitative estimate of drug-likeness (QED) is 0.881. The van der Waals surface area contributed by atoms with Crippen molar-refractivity contribution in [2.45, 2.75) is 13.0 Å². The van der Waals surface area contributed by atoms with E-state index in [0.717, 1.165) is 17.7 Å². The summed E-state index contributed by atoms with van der Waals surface area (Å²) in [6.07, 6.45) is 3.34. The Bertz CT molecular complexity index is 572. The first kappa shape index (κ1) is 14.6. The van der Waals surface area contributed by atoms with Gasteiger partial charge in [-0.15, -0.1) is 0 Å². The molecule has 0 amide bonds. The van der Waals surface area contributed by atoms with Crippen molar-refractivity contribution in [2.24, 2.45) is 0 Å². The first-order valence-corrected chi connectivity index (χ1v) is 7.05. The van der Waals surface area contributed by atoms with Crippen LogP contribution in [0.4, 0.5) is 0 Å². The van der Waals surface area contributed by atoms with Crippen LogP contribution in [0.3, 0.4) is 0 Å². The van der Waals surface area contributed by atoms with Gasteiger partial charge in [0, 0.05) is 12.4 Å². The van der Waals surface area contributed by atoms with Crippen molar-refractivity contribution >= 4 is 34.8 Å². The van der Waals surface area contributed by atoms with E-state index in [-0.39, 0.29) is 6.04 Å². The molecule has 1 aromatic heterocycles. The first-order valence-electron chi connectivity index (χ1n) is 5.91. The van der Waals surface area contributed by atoms with E-state index in [1.165, 1.54) is 0 Å². The summed E-state index contributed by atoms with van der Waals surface area (Å²) in [4.78, 5) is 4.00. The fraction of sp³-hybridized carbons (Fsp3) is 0.214. The Hall–Kier alpha value is -0.800. The van der Waals surface area contributed by atoms with Gasteiger partial charge in [-0.2, -0.15) is 0 Å². The largest absolute Gasteiger partial charge is 0.306 e. The van der Waals surface area contributed by atoms with Gasteiger partial charge in [-0.05, 0) is 29.8 Å². The predicted octanol–water partition coefficient (Wildman–Crippen LogP) is 4.74. The Morgan fingerprint density at radius 3 is 2.58 bits per heavy atom. The lowest BCUT2D eigenvalue weighted by atomic mass is 9.99. The summed E-state index contributed by atoms with van der Waals surface area (Å²) >= 11 is 18.6. The summed E-state index contributed by atoms with van der Waals surface area (Å²) in [5.41, 5.74) is 1.84. The molecule has 0 radical (unpaired) electrons. The summed E-state index contributed by atoms with van der Waals surface area (Å²) < 4.78 is 0. The number of hydrogen-bond donors (Lipinski definition) is 1. The molecule has 0 aliphatic rings. The fourth-order valence-electron chi connectivity index (χ4n) is 1.96. The van der Waals surface area contributed by atoms with E-state index < -0.39 is 0 Å². The topological polar surface area (TPSA) is 24.9 Å². The van der Waals surface area contributed by atoms with Crippen molar-refractivity contribution in [1.82, 2.24) is 10.3 Å². The van der Waals surface area contributed by atoms with Crippen molar-refractivity contribution in [2.75, 3.05) is 6.54 Å². The molecule has 1 unspecified atom stereocenters. The SMILES string of the molecule is CCNC(c1ccncc1Cl)c1cccc(Cl)c1Cl. The highest BCUT2D eigenvalue weighted by Gasteiger charge is 2.19. The van der Waals surface area contributed by atoms with Gasteiger partial charge in [-0.3, -0.25) is 4.98 Å². The van der Waals surface area contributed by atoms with Crippen LogP contribution in [0.15, 0.2) is 36.7 Å². The maximum absolute atomic E-state index is 6.30. The minimum absolute atomic E-state index is 0.105. The van der Waals surface area contributed by atoms with Crippen LogP contribution >= 0.6 is 34.8 Å². The van der Waals surface area contributed by atoms with Crippen LogP contribution in [-0.2, 0) is 0 Å². The molecule has 0 fully saturated rings. The molecule has 0 saturated carbocycles. The Morgan fingerprint density at radius 2 is 1.89 bits per heavy atom. The molecule has 19 heavy (non-hydrogen) atoms. The van der Waals surface area contributed by atoms with Crippen molar-refractivity contribution in [1.29, 1.82) is 0 Å². The lowest BCUT2D eigenvalue weighted by molar-refractivity contribution is 0.630. The molecular formula is C14H13Cl3N2. The van der Waals surface area contributed by atoms with Gasteiger partial charge in [-0.25, -0.2) is 0 Å². The van der Waals surface area contributed by atoms with Crippen LogP contribution in [-0.4, -0.2) is 11.5 Å². The van der Waals surface area contributed by atoms with Crippen LogP contribution in [0.5, 0.6) is 0 Å². The molecule has 0 aliphatic heterocycles. The Balaban J connectivity index is 2.52. The number of halogens is 3. The molecule has 1 N–H and O–H groups in total. The van der Waals surface area contributed by atoms with Crippen LogP contribution in [0.25, 0.3) is 0 Å². The maximum atomic E-state index is 6.30. The van der Waals surface area contributed by atoms with E-state index in [2.05, 4.69) is 10.3 Å². The third-order valence-corrected chi connectivity index (χ3v) is 3.96. The number of pyridine rings is 1. The number of nitrogens with one attached hydrogen (secondary N) is 1. The van der Waals surface area contributed by atoms with Gasteiger partial charge in [0.05, 0.1) is 21.1 Å². The van der Waals surface area contributed by atoms with Gasteiger partial charge in [-0.1, -0.05) is 53.9 Å². The molecule has 100 valence electrons. The van der Waals surface area contributed by atoms with Crippen molar-refractivity contribution in [3.63, 3.8) is 0 Å². The van der Waals surface area contributed by atoms with Crippen molar-refractivity contribution in [3.05, 3.63) is 62.9 Å².